The van der Waals surface area contributed by atoms with E-state index in [0.717, 1.165) is 6.42 Å². The number of phenolic OH excluding ortho intramolecular Hbond substituents is 1. The van der Waals surface area contributed by atoms with Crippen molar-refractivity contribution in [1.29, 1.82) is 0 Å². The number of aromatic nitrogens is 1. The molecule has 0 spiro atoms. The molecule has 3 aromatic rings. The minimum absolute atomic E-state index is 0.222. The third-order valence-corrected chi connectivity index (χ3v) is 4.07. The van der Waals surface area contributed by atoms with Gasteiger partial charge in [-0.05, 0) is 46.6 Å². The second-order valence-electron chi connectivity index (χ2n) is 8.90. The Hall–Kier alpha value is -2.22. The number of nitrogens with one attached hydrogen (secondary N) is 1. The van der Waals surface area contributed by atoms with Crippen molar-refractivity contribution in [2.24, 2.45) is 5.41 Å². The quantitative estimate of drug-likeness (QED) is 0.526. The Bertz CT molecular complexity index is 798. The maximum Gasteiger partial charge on any atom is 0.115 e. The van der Waals surface area contributed by atoms with E-state index < -0.39 is 0 Å². The van der Waals surface area contributed by atoms with Crippen molar-refractivity contribution in [3.8, 4) is 5.75 Å². The van der Waals surface area contributed by atoms with Gasteiger partial charge in [-0.15, -0.1) is 0 Å². The van der Waals surface area contributed by atoms with Crippen LogP contribution >= 0.6 is 0 Å². The van der Waals surface area contributed by atoms with Crippen molar-refractivity contribution in [3.05, 3.63) is 65.9 Å². The Morgan fingerprint density at radius 2 is 1.44 bits per heavy atom. The molecule has 3 rings (SSSR count). The first-order valence-corrected chi connectivity index (χ1v) is 8.91. The monoisotopic (exact) mass is 337 g/mol. The molecule has 2 nitrogen and oxygen atoms in total. The number of hydrogen-bond donors (Lipinski definition) is 2. The lowest BCUT2D eigenvalue weighted by molar-refractivity contribution is 0.410. The molecule has 0 radical (unpaired) electrons. The average molecular weight is 338 g/mol. The number of hydrogen-bond acceptors (Lipinski definition) is 1. The summed E-state index contributed by atoms with van der Waals surface area (Å²) in [4.78, 5) is 3.29. The molecule has 2 N–H and O–H groups in total. The summed E-state index contributed by atoms with van der Waals surface area (Å²) < 4.78 is 0. The van der Waals surface area contributed by atoms with Gasteiger partial charge < -0.3 is 10.1 Å². The summed E-state index contributed by atoms with van der Waals surface area (Å²) in [6, 6.07) is 15.9. The summed E-state index contributed by atoms with van der Waals surface area (Å²) in [5, 5.41) is 10.4. The molecule has 25 heavy (non-hydrogen) atoms. The van der Waals surface area contributed by atoms with Gasteiger partial charge in [-0.1, -0.05) is 71.9 Å². The van der Waals surface area contributed by atoms with Gasteiger partial charge in [0.25, 0.3) is 0 Å². The van der Waals surface area contributed by atoms with E-state index in [-0.39, 0.29) is 5.41 Å². The molecule has 0 saturated carbocycles. The number of phenols is 1. The van der Waals surface area contributed by atoms with Gasteiger partial charge in [0, 0.05) is 17.1 Å². The van der Waals surface area contributed by atoms with Crippen LogP contribution in [0.3, 0.4) is 0 Å². The molecule has 0 amide bonds. The van der Waals surface area contributed by atoms with Crippen molar-refractivity contribution < 1.29 is 5.11 Å². The van der Waals surface area contributed by atoms with E-state index in [1.54, 1.807) is 12.1 Å². The van der Waals surface area contributed by atoms with Gasteiger partial charge in [0.2, 0.25) is 0 Å². The van der Waals surface area contributed by atoms with Crippen LogP contribution in [0.15, 0.2) is 54.7 Å². The average Bonchev–Trinajstić information content (AvgIpc) is 2.93. The summed E-state index contributed by atoms with van der Waals surface area (Å²) in [5.41, 5.74) is 4.44. The first kappa shape index (κ1) is 19.1. The van der Waals surface area contributed by atoms with Crippen molar-refractivity contribution in [3.63, 3.8) is 0 Å². The highest BCUT2D eigenvalue weighted by Crippen LogP contribution is 2.29. The van der Waals surface area contributed by atoms with E-state index in [4.69, 9.17) is 5.11 Å². The number of aromatic amines is 1. The number of para-hydroxylation sites is 1. The van der Waals surface area contributed by atoms with Gasteiger partial charge >= 0.3 is 0 Å². The van der Waals surface area contributed by atoms with Crippen LogP contribution in [0.25, 0.3) is 10.9 Å². The largest absolute Gasteiger partial charge is 0.508 e. The Morgan fingerprint density at radius 3 is 2.00 bits per heavy atom. The zero-order valence-electron chi connectivity index (χ0n) is 16.4. The first-order chi connectivity index (χ1) is 11.6. The summed E-state index contributed by atoms with van der Waals surface area (Å²) >= 11 is 0. The van der Waals surface area contributed by atoms with Crippen LogP contribution in [0.1, 0.15) is 52.7 Å². The predicted molar refractivity (Wildman–Crippen MR) is 108 cm³/mol. The Balaban J connectivity index is 0.000000181. The van der Waals surface area contributed by atoms with Crippen LogP contribution < -0.4 is 0 Å². The fourth-order valence-electron chi connectivity index (χ4n) is 2.92. The molecule has 0 atom stereocenters. The van der Waals surface area contributed by atoms with E-state index in [2.05, 4.69) is 77.0 Å². The summed E-state index contributed by atoms with van der Waals surface area (Å²) in [6.45, 7) is 13.3. The standard InChI is InChI=1S/C12H15N.C11H16O/c1-12(2,3)10-8-13-11-7-5-4-6-9(10)11;1-11(2,3)8-9-4-6-10(12)7-5-9/h4-8,13H,1-3H3;4-7,12H,8H2,1-3H3. The van der Waals surface area contributed by atoms with E-state index >= 15 is 0 Å². The zero-order chi connectivity index (χ0) is 18.7. The van der Waals surface area contributed by atoms with E-state index in [1.807, 2.05) is 12.1 Å². The Labute approximate surface area is 151 Å². The molecule has 0 unspecified atom stereocenters. The molecule has 0 fully saturated rings. The molecule has 134 valence electrons. The van der Waals surface area contributed by atoms with E-state index in [0.29, 0.717) is 11.2 Å². The number of H-pyrrole nitrogens is 1. The maximum absolute atomic E-state index is 9.05. The molecule has 0 aliphatic heterocycles. The maximum atomic E-state index is 9.05. The smallest absolute Gasteiger partial charge is 0.115 e. The number of aromatic hydroxyl groups is 1. The SMILES string of the molecule is CC(C)(C)Cc1ccc(O)cc1.CC(C)(C)c1c[nH]c2ccccc12. The van der Waals surface area contributed by atoms with Crippen molar-refractivity contribution in [1.82, 2.24) is 4.98 Å². The van der Waals surface area contributed by atoms with Gasteiger partial charge in [0.1, 0.15) is 5.75 Å². The van der Waals surface area contributed by atoms with Crippen LogP contribution in [0.4, 0.5) is 0 Å². The minimum atomic E-state index is 0.222. The second kappa shape index (κ2) is 7.35. The van der Waals surface area contributed by atoms with Gasteiger partial charge in [-0.2, -0.15) is 0 Å². The molecule has 0 aliphatic carbocycles. The molecule has 1 aromatic heterocycles. The van der Waals surface area contributed by atoms with E-state index in [9.17, 15) is 0 Å². The second-order valence-corrected chi connectivity index (χ2v) is 8.90. The summed E-state index contributed by atoms with van der Waals surface area (Å²) in [6.07, 6.45) is 3.16. The van der Waals surface area contributed by atoms with Gasteiger partial charge in [-0.25, -0.2) is 0 Å². The molecule has 2 heteroatoms. The molecule has 1 heterocycles. The van der Waals surface area contributed by atoms with Gasteiger partial charge in [0.05, 0.1) is 0 Å². The lowest BCUT2D eigenvalue weighted by atomic mass is 9.87. The highest BCUT2D eigenvalue weighted by atomic mass is 16.3. The first-order valence-electron chi connectivity index (χ1n) is 8.91. The predicted octanol–water partition coefficient (Wildman–Crippen LogP) is 6.45. The van der Waals surface area contributed by atoms with Crippen LogP contribution in [0, 0.1) is 5.41 Å². The highest BCUT2D eigenvalue weighted by molar-refractivity contribution is 5.84. The van der Waals surface area contributed by atoms with Crippen LogP contribution in [-0.4, -0.2) is 10.1 Å². The fraction of sp³-hybridized carbons (Fsp3) is 0.391. The van der Waals surface area contributed by atoms with Crippen LogP contribution in [-0.2, 0) is 11.8 Å². The van der Waals surface area contributed by atoms with Crippen molar-refractivity contribution in [2.45, 2.75) is 53.4 Å². The number of rotatable bonds is 1. The van der Waals surface area contributed by atoms with Gasteiger partial charge in [0.15, 0.2) is 0 Å². The lowest BCUT2D eigenvalue weighted by Crippen LogP contribution is -2.09. The van der Waals surface area contributed by atoms with Crippen LogP contribution in [0.5, 0.6) is 5.75 Å². The van der Waals surface area contributed by atoms with E-state index in [1.165, 1.54) is 22.0 Å². The van der Waals surface area contributed by atoms with Crippen molar-refractivity contribution >= 4 is 10.9 Å². The highest BCUT2D eigenvalue weighted by Gasteiger charge is 2.17. The van der Waals surface area contributed by atoms with Gasteiger partial charge in [-0.3, -0.25) is 0 Å². The van der Waals surface area contributed by atoms with Crippen LogP contribution in [0.2, 0.25) is 0 Å². The fourth-order valence-corrected chi connectivity index (χ4v) is 2.92. The minimum Gasteiger partial charge on any atom is -0.508 e. The molecule has 2 aromatic carbocycles. The summed E-state index contributed by atoms with van der Waals surface area (Å²) in [5.74, 6) is 0.340. The Morgan fingerprint density at radius 1 is 0.840 bits per heavy atom. The molecule has 0 aliphatic rings. The third-order valence-electron chi connectivity index (χ3n) is 4.07. The Kier molecular flexibility index (Phi) is 5.62. The third kappa shape index (κ3) is 5.67. The van der Waals surface area contributed by atoms with Crippen molar-refractivity contribution in [2.75, 3.05) is 0 Å². The number of fused-ring (bicyclic) bond motifs is 1. The summed E-state index contributed by atoms with van der Waals surface area (Å²) in [7, 11) is 0. The number of benzene rings is 2. The zero-order valence-corrected chi connectivity index (χ0v) is 16.4. The molecular weight excluding hydrogens is 306 g/mol. The molecule has 0 bridgehead atoms. The normalized spacial score (nSPS) is 11.9. The molecule has 0 saturated heterocycles. The lowest BCUT2D eigenvalue weighted by Gasteiger charge is -2.17. The topological polar surface area (TPSA) is 36.0 Å². The molecular formula is C23H31NO.